The van der Waals surface area contributed by atoms with E-state index < -0.39 is 0 Å². The average Bonchev–Trinajstić information content (AvgIpc) is 2.87. The molecule has 0 fully saturated rings. The van der Waals surface area contributed by atoms with Gasteiger partial charge in [-0.1, -0.05) is 30.9 Å². The fourth-order valence-corrected chi connectivity index (χ4v) is 1.94. The molecule has 1 N–H and O–H groups in total. The summed E-state index contributed by atoms with van der Waals surface area (Å²) in [5.41, 5.74) is 2.93. The summed E-state index contributed by atoms with van der Waals surface area (Å²) >= 11 is 0. The van der Waals surface area contributed by atoms with Crippen molar-refractivity contribution in [3.05, 3.63) is 47.3 Å². The number of aryl methyl sites for hydroxylation is 2. The lowest BCUT2D eigenvalue weighted by molar-refractivity contribution is 0.294. The van der Waals surface area contributed by atoms with Crippen molar-refractivity contribution in [2.24, 2.45) is 7.05 Å². The largest absolute Gasteiger partial charge is 0.486 e. The van der Waals surface area contributed by atoms with Crippen LogP contribution in [0.2, 0.25) is 0 Å². The summed E-state index contributed by atoms with van der Waals surface area (Å²) in [4.78, 5) is 0. The van der Waals surface area contributed by atoms with Gasteiger partial charge in [0.2, 0.25) is 0 Å². The minimum atomic E-state index is 0.0742. The number of benzene rings is 1. The van der Waals surface area contributed by atoms with E-state index in [9.17, 15) is 0 Å². The van der Waals surface area contributed by atoms with Gasteiger partial charge in [-0.25, -0.2) is 0 Å². The van der Waals surface area contributed by atoms with Crippen LogP contribution in [0, 0.1) is 11.8 Å². The third-order valence-corrected chi connectivity index (χ3v) is 3.11. The highest BCUT2D eigenvalue weighted by atomic mass is 16.5. The Labute approximate surface area is 125 Å². The van der Waals surface area contributed by atoms with E-state index >= 15 is 0 Å². The van der Waals surface area contributed by atoms with Gasteiger partial charge in [-0.3, -0.25) is 4.68 Å². The molecule has 1 aromatic carbocycles. The first-order chi connectivity index (χ1) is 10.2. The number of para-hydroxylation sites is 1. The SMILES string of the molecule is CCc1cc(COc2ccccc2C#CCCO)n(C)n1. The smallest absolute Gasteiger partial charge is 0.135 e. The predicted octanol–water partition coefficient (Wildman–Crippen LogP) is 2.30. The van der Waals surface area contributed by atoms with Gasteiger partial charge in [0.15, 0.2) is 0 Å². The molecule has 0 amide bonds. The molecule has 2 aromatic rings. The number of hydrogen-bond acceptors (Lipinski definition) is 3. The van der Waals surface area contributed by atoms with Gasteiger partial charge in [0.1, 0.15) is 12.4 Å². The number of rotatable bonds is 5. The topological polar surface area (TPSA) is 47.3 Å². The summed E-state index contributed by atoms with van der Waals surface area (Å²) in [6.45, 7) is 2.62. The van der Waals surface area contributed by atoms with Crippen LogP contribution in [-0.4, -0.2) is 21.5 Å². The van der Waals surface area contributed by atoms with Crippen LogP contribution in [0.1, 0.15) is 30.3 Å². The van der Waals surface area contributed by atoms with Crippen LogP contribution >= 0.6 is 0 Å². The summed E-state index contributed by atoms with van der Waals surface area (Å²) in [6.07, 6.45) is 1.38. The number of hydrogen-bond donors (Lipinski definition) is 1. The molecule has 110 valence electrons. The second-order valence-corrected chi connectivity index (χ2v) is 4.66. The monoisotopic (exact) mass is 284 g/mol. The summed E-state index contributed by atoms with van der Waals surface area (Å²) < 4.78 is 7.71. The first-order valence-electron chi connectivity index (χ1n) is 7.08. The fourth-order valence-electron chi connectivity index (χ4n) is 1.94. The molecule has 0 saturated carbocycles. The lowest BCUT2D eigenvalue weighted by Gasteiger charge is -2.08. The van der Waals surface area contributed by atoms with Gasteiger partial charge in [0, 0.05) is 13.5 Å². The summed E-state index contributed by atoms with van der Waals surface area (Å²) in [5.74, 6) is 6.69. The van der Waals surface area contributed by atoms with E-state index in [1.54, 1.807) is 0 Å². The van der Waals surface area contributed by atoms with E-state index in [4.69, 9.17) is 9.84 Å². The van der Waals surface area contributed by atoms with Gasteiger partial charge in [-0.2, -0.15) is 5.10 Å². The summed E-state index contributed by atoms with van der Waals surface area (Å²) in [5, 5.41) is 13.2. The van der Waals surface area contributed by atoms with E-state index in [0.29, 0.717) is 13.0 Å². The standard InChI is InChI=1S/C17H20N2O2/c1-3-15-12-16(19(2)18-15)13-21-17-10-5-4-8-14(17)9-6-7-11-20/h4-5,8,10,12,20H,3,7,11,13H2,1-2H3. The van der Waals surface area contributed by atoms with Crippen LogP contribution in [0.15, 0.2) is 30.3 Å². The van der Waals surface area contributed by atoms with Gasteiger partial charge >= 0.3 is 0 Å². The number of aliphatic hydroxyl groups excluding tert-OH is 1. The van der Waals surface area contributed by atoms with Gasteiger partial charge in [0.25, 0.3) is 0 Å². The first-order valence-corrected chi connectivity index (χ1v) is 7.08. The number of aliphatic hydroxyl groups is 1. The quantitative estimate of drug-likeness (QED) is 0.857. The Bertz CT molecular complexity index is 650. The normalized spacial score (nSPS) is 10.0. The Morgan fingerprint density at radius 2 is 2.14 bits per heavy atom. The predicted molar refractivity (Wildman–Crippen MR) is 81.9 cm³/mol. The van der Waals surface area contributed by atoms with Gasteiger partial charge in [-0.05, 0) is 24.6 Å². The maximum Gasteiger partial charge on any atom is 0.135 e. The molecule has 0 aliphatic rings. The Morgan fingerprint density at radius 3 is 2.86 bits per heavy atom. The maximum atomic E-state index is 8.78. The van der Waals surface area contributed by atoms with Crippen LogP contribution in [0.25, 0.3) is 0 Å². The zero-order valence-electron chi connectivity index (χ0n) is 12.5. The third kappa shape index (κ3) is 4.11. The molecule has 0 spiro atoms. The molecule has 2 rings (SSSR count). The zero-order chi connectivity index (χ0) is 15.1. The second kappa shape index (κ2) is 7.51. The minimum absolute atomic E-state index is 0.0742. The highest BCUT2D eigenvalue weighted by Gasteiger charge is 2.06. The van der Waals surface area contributed by atoms with Crippen LogP contribution in [0.5, 0.6) is 5.75 Å². The number of nitrogens with zero attached hydrogens (tertiary/aromatic N) is 2. The van der Waals surface area contributed by atoms with Crippen molar-refractivity contribution < 1.29 is 9.84 Å². The molecular weight excluding hydrogens is 264 g/mol. The molecule has 0 bridgehead atoms. The zero-order valence-corrected chi connectivity index (χ0v) is 12.5. The van der Waals surface area contributed by atoms with Crippen molar-refractivity contribution in [3.63, 3.8) is 0 Å². The highest BCUT2D eigenvalue weighted by molar-refractivity contribution is 5.45. The van der Waals surface area contributed by atoms with E-state index in [-0.39, 0.29) is 6.61 Å². The van der Waals surface area contributed by atoms with Crippen molar-refractivity contribution in [1.82, 2.24) is 9.78 Å². The molecule has 21 heavy (non-hydrogen) atoms. The first kappa shape index (κ1) is 15.1. The Kier molecular flexibility index (Phi) is 5.42. The Hall–Kier alpha value is -2.25. The van der Waals surface area contributed by atoms with Crippen molar-refractivity contribution in [1.29, 1.82) is 0 Å². The number of aromatic nitrogens is 2. The van der Waals surface area contributed by atoms with Crippen molar-refractivity contribution in [2.45, 2.75) is 26.4 Å². The van der Waals surface area contributed by atoms with Crippen LogP contribution < -0.4 is 4.74 Å². The fraction of sp³-hybridized carbons (Fsp3) is 0.353. The highest BCUT2D eigenvalue weighted by Crippen LogP contribution is 2.18. The molecule has 1 heterocycles. The van der Waals surface area contributed by atoms with Crippen LogP contribution in [0.3, 0.4) is 0 Å². The van der Waals surface area contributed by atoms with Gasteiger partial charge in [0.05, 0.1) is 23.6 Å². The number of ether oxygens (including phenoxy) is 1. The molecule has 1 aromatic heterocycles. The minimum Gasteiger partial charge on any atom is -0.486 e. The van der Waals surface area contributed by atoms with E-state index in [1.165, 1.54) is 0 Å². The second-order valence-electron chi connectivity index (χ2n) is 4.66. The molecular formula is C17H20N2O2. The molecule has 0 unspecified atom stereocenters. The summed E-state index contributed by atoms with van der Waals surface area (Å²) in [7, 11) is 1.92. The van der Waals surface area contributed by atoms with Crippen molar-refractivity contribution in [3.8, 4) is 17.6 Å². The molecule has 4 heteroatoms. The Balaban J connectivity index is 2.09. The molecule has 4 nitrogen and oxygen atoms in total. The maximum absolute atomic E-state index is 8.78. The average molecular weight is 284 g/mol. The van der Waals surface area contributed by atoms with E-state index in [1.807, 2.05) is 36.0 Å². The molecule has 0 aliphatic heterocycles. The van der Waals surface area contributed by atoms with E-state index in [2.05, 4.69) is 29.9 Å². The summed E-state index contributed by atoms with van der Waals surface area (Å²) in [6, 6.07) is 9.73. The van der Waals surface area contributed by atoms with Crippen molar-refractivity contribution in [2.75, 3.05) is 6.61 Å². The van der Waals surface area contributed by atoms with Crippen molar-refractivity contribution >= 4 is 0 Å². The van der Waals surface area contributed by atoms with Crippen LogP contribution in [-0.2, 0) is 20.1 Å². The molecule has 0 atom stereocenters. The molecule has 0 aliphatic carbocycles. The molecule has 0 radical (unpaired) electrons. The Morgan fingerprint density at radius 1 is 1.33 bits per heavy atom. The third-order valence-electron chi connectivity index (χ3n) is 3.11. The lowest BCUT2D eigenvalue weighted by atomic mass is 10.2. The van der Waals surface area contributed by atoms with Gasteiger partial charge in [-0.15, -0.1) is 0 Å². The van der Waals surface area contributed by atoms with E-state index in [0.717, 1.165) is 29.1 Å². The lowest BCUT2D eigenvalue weighted by Crippen LogP contribution is -2.03. The van der Waals surface area contributed by atoms with Crippen LogP contribution in [0.4, 0.5) is 0 Å². The molecule has 0 saturated heterocycles. The van der Waals surface area contributed by atoms with Gasteiger partial charge < -0.3 is 9.84 Å².